The van der Waals surface area contributed by atoms with Gasteiger partial charge in [0, 0.05) is 12.4 Å². The van der Waals surface area contributed by atoms with Gasteiger partial charge in [0.05, 0.1) is 6.54 Å². The number of rotatable bonds is 3. The van der Waals surface area contributed by atoms with Gasteiger partial charge in [-0.15, -0.1) is 0 Å². The third kappa shape index (κ3) is 2.55. The molecular formula is C11H15N3O2. The lowest BCUT2D eigenvalue weighted by Gasteiger charge is -2.32. The van der Waals surface area contributed by atoms with Crippen LogP contribution in [0.5, 0.6) is 0 Å². The lowest BCUT2D eigenvalue weighted by molar-refractivity contribution is -0.144. The molecule has 2 heterocycles. The van der Waals surface area contributed by atoms with E-state index in [1.165, 1.54) is 0 Å². The van der Waals surface area contributed by atoms with E-state index in [1.807, 2.05) is 4.90 Å². The largest absolute Gasteiger partial charge is 0.480 e. The van der Waals surface area contributed by atoms with Crippen molar-refractivity contribution < 1.29 is 9.90 Å². The number of hydrogen-bond acceptors (Lipinski definition) is 4. The zero-order valence-corrected chi connectivity index (χ0v) is 9.04. The summed E-state index contributed by atoms with van der Waals surface area (Å²) in [4.78, 5) is 21.3. The number of carbonyl (C=O) groups is 1. The molecule has 1 fully saturated rings. The summed E-state index contributed by atoms with van der Waals surface area (Å²) in [5.41, 5.74) is 0. The van der Waals surface area contributed by atoms with Crippen LogP contribution in [0.15, 0.2) is 18.5 Å². The molecule has 0 saturated carbocycles. The predicted octanol–water partition coefficient (Wildman–Crippen LogP) is 0.916. The van der Waals surface area contributed by atoms with E-state index in [0.29, 0.717) is 12.4 Å². The highest BCUT2D eigenvalue weighted by Crippen LogP contribution is 2.18. The van der Waals surface area contributed by atoms with E-state index >= 15 is 0 Å². The molecule has 1 aliphatic heterocycles. The van der Waals surface area contributed by atoms with E-state index in [2.05, 4.69) is 9.97 Å². The van der Waals surface area contributed by atoms with Crippen molar-refractivity contribution in [2.45, 2.75) is 31.8 Å². The maximum Gasteiger partial charge on any atom is 0.320 e. The maximum atomic E-state index is 11.1. The van der Waals surface area contributed by atoms with Gasteiger partial charge in [-0.3, -0.25) is 9.69 Å². The molecule has 5 heteroatoms. The van der Waals surface area contributed by atoms with E-state index in [-0.39, 0.29) is 6.04 Å². The molecule has 1 aliphatic rings. The summed E-state index contributed by atoms with van der Waals surface area (Å²) in [5, 5.41) is 9.10. The Labute approximate surface area is 94.1 Å². The molecule has 16 heavy (non-hydrogen) atoms. The predicted molar refractivity (Wildman–Crippen MR) is 57.7 cm³/mol. The molecule has 1 aromatic rings. The van der Waals surface area contributed by atoms with E-state index in [9.17, 15) is 4.79 Å². The Bertz CT molecular complexity index is 356. The second-order valence-electron chi connectivity index (χ2n) is 3.99. The first-order chi connectivity index (χ1) is 7.77. The Morgan fingerprint density at radius 3 is 2.88 bits per heavy atom. The summed E-state index contributed by atoms with van der Waals surface area (Å²) in [6.45, 7) is 1.34. The second-order valence-corrected chi connectivity index (χ2v) is 3.99. The number of likely N-dealkylation sites (tertiary alicyclic amines) is 1. The fraction of sp³-hybridized carbons (Fsp3) is 0.545. The van der Waals surface area contributed by atoms with Crippen LogP contribution < -0.4 is 0 Å². The normalized spacial score (nSPS) is 21.9. The summed E-state index contributed by atoms with van der Waals surface area (Å²) in [7, 11) is 0. The number of aromatic nitrogens is 2. The molecule has 0 aromatic carbocycles. The standard InChI is InChI=1S/C11H15N3O2/c15-11(16)9-4-1-2-7-14(9)8-10-12-5-3-6-13-10/h3,5-6,9H,1-2,4,7-8H2,(H,15,16). The number of hydrogen-bond donors (Lipinski definition) is 1. The zero-order valence-electron chi connectivity index (χ0n) is 9.04. The van der Waals surface area contributed by atoms with Crippen LogP contribution in [0.1, 0.15) is 25.1 Å². The van der Waals surface area contributed by atoms with Crippen LogP contribution in [0.4, 0.5) is 0 Å². The second kappa shape index (κ2) is 5.03. The van der Waals surface area contributed by atoms with Crippen LogP contribution in [0.2, 0.25) is 0 Å². The monoisotopic (exact) mass is 221 g/mol. The van der Waals surface area contributed by atoms with Crippen LogP contribution in [-0.2, 0) is 11.3 Å². The first kappa shape index (κ1) is 11.0. The Kier molecular flexibility index (Phi) is 3.46. The number of nitrogens with zero attached hydrogens (tertiary/aromatic N) is 3. The van der Waals surface area contributed by atoms with Crippen molar-refractivity contribution >= 4 is 5.97 Å². The third-order valence-electron chi connectivity index (χ3n) is 2.86. The fourth-order valence-corrected chi connectivity index (χ4v) is 2.05. The van der Waals surface area contributed by atoms with E-state index in [1.54, 1.807) is 18.5 Å². The van der Waals surface area contributed by atoms with E-state index < -0.39 is 5.97 Å². The van der Waals surface area contributed by atoms with Gasteiger partial charge in [0.2, 0.25) is 0 Å². The molecule has 1 N–H and O–H groups in total. The molecule has 1 saturated heterocycles. The number of piperidine rings is 1. The minimum atomic E-state index is -0.740. The van der Waals surface area contributed by atoms with Crippen LogP contribution in [0.3, 0.4) is 0 Å². The van der Waals surface area contributed by atoms with Gasteiger partial charge in [0.1, 0.15) is 11.9 Å². The van der Waals surface area contributed by atoms with Crippen molar-refractivity contribution in [2.75, 3.05) is 6.54 Å². The molecule has 2 rings (SSSR count). The molecule has 1 atom stereocenters. The van der Waals surface area contributed by atoms with Gasteiger partial charge in [0.15, 0.2) is 0 Å². The van der Waals surface area contributed by atoms with Crippen molar-refractivity contribution in [1.29, 1.82) is 0 Å². The fourth-order valence-electron chi connectivity index (χ4n) is 2.05. The number of aliphatic carboxylic acids is 1. The number of carboxylic acids is 1. The first-order valence-corrected chi connectivity index (χ1v) is 5.50. The van der Waals surface area contributed by atoms with Crippen molar-refractivity contribution in [1.82, 2.24) is 14.9 Å². The van der Waals surface area contributed by atoms with Gasteiger partial charge in [-0.2, -0.15) is 0 Å². The topological polar surface area (TPSA) is 66.3 Å². The maximum absolute atomic E-state index is 11.1. The van der Waals surface area contributed by atoms with Crippen LogP contribution >= 0.6 is 0 Å². The molecule has 0 radical (unpaired) electrons. The minimum Gasteiger partial charge on any atom is -0.480 e. The summed E-state index contributed by atoms with van der Waals surface area (Å²) < 4.78 is 0. The smallest absolute Gasteiger partial charge is 0.320 e. The average molecular weight is 221 g/mol. The zero-order chi connectivity index (χ0) is 11.4. The summed E-state index contributed by atoms with van der Waals surface area (Å²) in [6.07, 6.45) is 6.13. The summed E-state index contributed by atoms with van der Waals surface area (Å²) in [6, 6.07) is 1.38. The average Bonchev–Trinajstić information content (AvgIpc) is 2.31. The Balaban J connectivity index is 2.04. The Morgan fingerprint density at radius 2 is 2.19 bits per heavy atom. The van der Waals surface area contributed by atoms with Gasteiger partial charge in [0.25, 0.3) is 0 Å². The first-order valence-electron chi connectivity index (χ1n) is 5.50. The van der Waals surface area contributed by atoms with Crippen molar-refractivity contribution in [3.8, 4) is 0 Å². The SMILES string of the molecule is O=C(O)C1CCCCN1Cc1ncccn1. The van der Waals surface area contributed by atoms with Gasteiger partial charge >= 0.3 is 5.97 Å². The molecular weight excluding hydrogens is 206 g/mol. The van der Waals surface area contributed by atoms with Gasteiger partial charge < -0.3 is 5.11 Å². The molecule has 5 nitrogen and oxygen atoms in total. The van der Waals surface area contributed by atoms with E-state index in [0.717, 1.165) is 25.8 Å². The van der Waals surface area contributed by atoms with Crippen LogP contribution in [0, 0.1) is 0 Å². The third-order valence-corrected chi connectivity index (χ3v) is 2.86. The quantitative estimate of drug-likeness (QED) is 0.822. The van der Waals surface area contributed by atoms with Gasteiger partial charge in [-0.1, -0.05) is 6.42 Å². The van der Waals surface area contributed by atoms with E-state index in [4.69, 9.17) is 5.11 Å². The highest BCUT2D eigenvalue weighted by Gasteiger charge is 2.28. The molecule has 0 amide bonds. The van der Waals surface area contributed by atoms with Crippen molar-refractivity contribution in [3.63, 3.8) is 0 Å². The molecule has 0 spiro atoms. The molecule has 0 bridgehead atoms. The van der Waals surface area contributed by atoms with Crippen molar-refractivity contribution in [2.24, 2.45) is 0 Å². The molecule has 1 aromatic heterocycles. The molecule has 86 valence electrons. The van der Waals surface area contributed by atoms with Gasteiger partial charge in [-0.05, 0) is 25.5 Å². The highest BCUT2D eigenvalue weighted by atomic mass is 16.4. The summed E-state index contributed by atoms with van der Waals surface area (Å²) >= 11 is 0. The Hall–Kier alpha value is -1.49. The highest BCUT2D eigenvalue weighted by molar-refractivity contribution is 5.73. The van der Waals surface area contributed by atoms with Crippen molar-refractivity contribution in [3.05, 3.63) is 24.3 Å². The summed E-state index contributed by atoms with van der Waals surface area (Å²) in [5.74, 6) is -0.0497. The lowest BCUT2D eigenvalue weighted by Crippen LogP contribution is -2.44. The van der Waals surface area contributed by atoms with Gasteiger partial charge in [-0.25, -0.2) is 9.97 Å². The minimum absolute atomic E-state index is 0.377. The van der Waals surface area contributed by atoms with Crippen LogP contribution in [0.25, 0.3) is 0 Å². The Morgan fingerprint density at radius 1 is 1.44 bits per heavy atom. The lowest BCUT2D eigenvalue weighted by atomic mass is 10.0. The van der Waals surface area contributed by atoms with Crippen LogP contribution in [-0.4, -0.2) is 38.5 Å². The molecule has 0 aliphatic carbocycles. The number of carboxylic acid groups (broad SMARTS) is 1. The molecule has 1 unspecified atom stereocenters.